The Kier molecular flexibility index (Phi) is 7.36. The predicted molar refractivity (Wildman–Crippen MR) is 105 cm³/mol. The number of imide groups is 1. The van der Waals surface area contributed by atoms with Crippen molar-refractivity contribution in [3.63, 3.8) is 0 Å². The molecule has 7 heteroatoms. The summed E-state index contributed by atoms with van der Waals surface area (Å²) >= 11 is 0. The number of hydrogen-bond donors (Lipinski definition) is 3. The molecule has 1 saturated heterocycles. The highest BCUT2D eigenvalue weighted by molar-refractivity contribution is 6.03. The number of benzene rings is 1. The number of rotatable bonds is 6. The zero-order valence-electron chi connectivity index (χ0n) is 16.4. The largest absolute Gasteiger partial charge is 0.370 e. The smallest absolute Gasteiger partial charge is 0.325 e. The molecule has 27 heavy (non-hydrogen) atoms. The van der Waals surface area contributed by atoms with Gasteiger partial charge in [-0.15, -0.1) is 0 Å². The summed E-state index contributed by atoms with van der Waals surface area (Å²) in [6, 6.07) is 4.77. The number of nitrogens with two attached hydrogens (primary N) is 1. The molecule has 0 aliphatic carbocycles. The van der Waals surface area contributed by atoms with E-state index < -0.39 is 12.1 Å². The fourth-order valence-corrected chi connectivity index (χ4v) is 3.52. The number of nitrogens with zero attached hydrogens (tertiary/aromatic N) is 1. The number of likely N-dealkylation sites (tertiary alicyclic amines) is 1. The number of anilines is 1. The van der Waals surface area contributed by atoms with Crippen molar-refractivity contribution in [2.45, 2.75) is 52.5 Å². The van der Waals surface area contributed by atoms with E-state index in [9.17, 15) is 14.4 Å². The lowest BCUT2D eigenvalue weighted by atomic mass is 9.92. The number of urea groups is 1. The van der Waals surface area contributed by atoms with E-state index in [2.05, 4.69) is 15.5 Å². The summed E-state index contributed by atoms with van der Waals surface area (Å²) in [6.45, 7) is 7.24. The standard InChI is InChI=1S/C20H30N4O3/c1-13-6-8-17(14(2)11-13)22-20(27)23-19(26)15(3)24-10-4-5-16(12-24)7-9-18(21)25/h6,8,11,15-16H,4-5,7,9-10,12H2,1-3H3,(H2,21,25)(H2,22,23,26,27). The summed E-state index contributed by atoms with van der Waals surface area (Å²) in [6.07, 6.45) is 3.12. The van der Waals surface area contributed by atoms with E-state index in [1.54, 1.807) is 6.92 Å². The van der Waals surface area contributed by atoms with Crippen molar-refractivity contribution >= 4 is 23.5 Å². The lowest BCUT2D eigenvalue weighted by Gasteiger charge is -2.36. The first kappa shape index (κ1) is 20.9. The van der Waals surface area contributed by atoms with Gasteiger partial charge in [0.1, 0.15) is 0 Å². The fraction of sp³-hybridized carbons (Fsp3) is 0.550. The first-order valence-corrected chi connectivity index (χ1v) is 9.47. The van der Waals surface area contributed by atoms with Crippen LogP contribution in [0.3, 0.4) is 0 Å². The molecule has 4 N–H and O–H groups in total. The van der Waals surface area contributed by atoms with E-state index >= 15 is 0 Å². The Hall–Kier alpha value is -2.41. The van der Waals surface area contributed by atoms with Crippen LogP contribution in [-0.4, -0.2) is 41.9 Å². The Bertz CT molecular complexity index is 704. The van der Waals surface area contributed by atoms with Gasteiger partial charge in [0.15, 0.2) is 0 Å². The third-order valence-corrected chi connectivity index (χ3v) is 5.14. The zero-order valence-corrected chi connectivity index (χ0v) is 16.4. The second-order valence-corrected chi connectivity index (χ2v) is 7.45. The minimum atomic E-state index is -0.527. The molecule has 1 aliphatic rings. The Labute approximate surface area is 160 Å². The van der Waals surface area contributed by atoms with Gasteiger partial charge in [0.25, 0.3) is 0 Å². The van der Waals surface area contributed by atoms with Crippen LogP contribution in [0.15, 0.2) is 18.2 Å². The first-order valence-electron chi connectivity index (χ1n) is 9.47. The maximum absolute atomic E-state index is 12.5. The Morgan fingerprint density at radius 1 is 1.30 bits per heavy atom. The molecule has 2 rings (SSSR count). The van der Waals surface area contributed by atoms with Gasteiger partial charge in [-0.25, -0.2) is 4.79 Å². The van der Waals surface area contributed by atoms with Crippen molar-refractivity contribution in [3.8, 4) is 0 Å². The number of amides is 4. The molecule has 0 bridgehead atoms. The molecule has 0 aromatic heterocycles. The van der Waals surface area contributed by atoms with Crippen LogP contribution in [0.2, 0.25) is 0 Å². The van der Waals surface area contributed by atoms with Gasteiger partial charge in [-0.05, 0) is 64.1 Å². The molecule has 4 amide bonds. The van der Waals surface area contributed by atoms with Crippen LogP contribution in [0, 0.1) is 19.8 Å². The molecule has 1 aromatic rings. The molecule has 1 aromatic carbocycles. The maximum Gasteiger partial charge on any atom is 0.325 e. The number of carbonyl (C=O) groups is 3. The lowest BCUT2D eigenvalue weighted by Crippen LogP contribution is -2.51. The van der Waals surface area contributed by atoms with Gasteiger partial charge < -0.3 is 11.1 Å². The van der Waals surface area contributed by atoms with Gasteiger partial charge in [-0.1, -0.05) is 17.7 Å². The van der Waals surface area contributed by atoms with Gasteiger partial charge in [-0.2, -0.15) is 0 Å². The minimum Gasteiger partial charge on any atom is -0.370 e. The van der Waals surface area contributed by atoms with E-state index in [4.69, 9.17) is 5.73 Å². The molecule has 0 radical (unpaired) electrons. The zero-order chi connectivity index (χ0) is 20.0. The summed E-state index contributed by atoms with van der Waals surface area (Å²) < 4.78 is 0. The molecule has 2 atom stereocenters. The Morgan fingerprint density at radius 2 is 2.04 bits per heavy atom. The van der Waals surface area contributed by atoms with Crippen LogP contribution >= 0.6 is 0 Å². The van der Waals surface area contributed by atoms with E-state index in [1.165, 1.54) is 0 Å². The van der Waals surface area contributed by atoms with Gasteiger partial charge in [-0.3, -0.25) is 19.8 Å². The summed E-state index contributed by atoms with van der Waals surface area (Å²) in [4.78, 5) is 37.7. The fourth-order valence-electron chi connectivity index (χ4n) is 3.52. The molecular formula is C20H30N4O3. The SMILES string of the molecule is Cc1ccc(NC(=O)NC(=O)C(C)N2CCCC(CCC(N)=O)C2)c(C)c1. The quantitative estimate of drug-likeness (QED) is 0.711. The van der Waals surface area contributed by atoms with Gasteiger partial charge in [0.05, 0.1) is 6.04 Å². The average molecular weight is 374 g/mol. The minimum absolute atomic E-state index is 0.291. The van der Waals surface area contributed by atoms with Crippen molar-refractivity contribution in [3.05, 3.63) is 29.3 Å². The molecule has 1 fully saturated rings. The molecule has 1 heterocycles. The number of piperidine rings is 1. The molecular weight excluding hydrogens is 344 g/mol. The molecule has 1 aliphatic heterocycles. The summed E-state index contributed by atoms with van der Waals surface area (Å²) in [5.41, 5.74) is 7.97. The summed E-state index contributed by atoms with van der Waals surface area (Å²) in [5, 5.41) is 5.15. The first-order chi connectivity index (χ1) is 12.8. The molecule has 7 nitrogen and oxygen atoms in total. The number of carbonyl (C=O) groups excluding carboxylic acids is 3. The van der Waals surface area contributed by atoms with Gasteiger partial charge in [0, 0.05) is 18.7 Å². The molecule has 148 valence electrons. The molecule has 2 unspecified atom stereocenters. The Morgan fingerprint density at radius 3 is 2.70 bits per heavy atom. The van der Waals surface area contributed by atoms with E-state index in [0.29, 0.717) is 18.0 Å². The summed E-state index contributed by atoms with van der Waals surface area (Å²) in [5.74, 6) is -0.265. The van der Waals surface area contributed by atoms with E-state index in [-0.39, 0.29) is 11.8 Å². The van der Waals surface area contributed by atoms with E-state index in [0.717, 1.165) is 43.5 Å². The van der Waals surface area contributed by atoms with Crippen LogP contribution in [0.4, 0.5) is 10.5 Å². The van der Waals surface area contributed by atoms with Crippen LogP contribution in [-0.2, 0) is 9.59 Å². The second-order valence-electron chi connectivity index (χ2n) is 7.45. The third-order valence-electron chi connectivity index (χ3n) is 5.14. The highest BCUT2D eigenvalue weighted by atomic mass is 16.2. The van der Waals surface area contributed by atoms with Crippen LogP contribution in [0.1, 0.15) is 43.7 Å². The van der Waals surface area contributed by atoms with Crippen molar-refractivity contribution < 1.29 is 14.4 Å². The normalized spacial score (nSPS) is 18.6. The van der Waals surface area contributed by atoms with Gasteiger partial charge in [0.2, 0.25) is 11.8 Å². The second kappa shape index (κ2) is 9.50. The lowest BCUT2D eigenvalue weighted by molar-refractivity contribution is -0.125. The van der Waals surface area contributed by atoms with Gasteiger partial charge >= 0.3 is 6.03 Å². The highest BCUT2D eigenvalue weighted by Gasteiger charge is 2.28. The highest BCUT2D eigenvalue weighted by Crippen LogP contribution is 2.22. The van der Waals surface area contributed by atoms with E-state index in [1.807, 2.05) is 32.0 Å². The number of primary amides is 1. The number of nitrogens with one attached hydrogen (secondary N) is 2. The summed E-state index contributed by atoms with van der Waals surface area (Å²) in [7, 11) is 0. The third kappa shape index (κ3) is 6.36. The monoisotopic (exact) mass is 374 g/mol. The molecule has 0 saturated carbocycles. The Balaban J connectivity index is 1.86. The van der Waals surface area contributed by atoms with Crippen LogP contribution < -0.4 is 16.4 Å². The van der Waals surface area contributed by atoms with Crippen molar-refractivity contribution in [2.75, 3.05) is 18.4 Å². The van der Waals surface area contributed by atoms with Crippen molar-refractivity contribution in [2.24, 2.45) is 11.7 Å². The number of hydrogen-bond acceptors (Lipinski definition) is 4. The average Bonchev–Trinajstić information content (AvgIpc) is 2.62. The van der Waals surface area contributed by atoms with Crippen molar-refractivity contribution in [1.82, 2.24) is 10.2 Å². The van der Waals surface area contributed by atoms with Crippen molar-refractivity contribution in [1.29, 1.82) is 0 Å². The topological polar surface area (TPSA) is 105 Å². The maximum atomic E-state index is 12.5. The van der Waals surface area contributed by atoms with Crippen LogP contribution in [0.25, 0.3) is 0 Å². The number of aryl methyl sites for hydroxylation is 2. The molecule has 0 spiro atoms. The van der Waals surface area contributed by atoms with Crippen LogP contribution in [0.5, 0.6) is 0 Å². The predicted octanol–water partition coefficient (Wildman–Crippen LogP) is 2.32.